The number of aryl methyl sites for hydroxylation is 1. The summed E-state index contributed by atoms with van der Waals surface area (Å²) in [6, 6.07) is 15.0. The molecule has 0 spiro atoms. The smallest absolute Gasteiger partial charge is 0.266 e. The van der Waals surface area contributed by atoms with Crippen molar-refractivity contribution in [1.29, 1.82) is 0 Å². The van der Waals surface area contributed by atoms with E-state index < -0.39 is 0 Å². The van der Waals surface area contributed by atoms with E-state index in [4.69, 9.17) is 4.98 Å². The summed E-state index contributed by atoms with van der Waals surface area (Å²) in [5.41, 5.74) is 4.39. The lowest BCUT2D eigenvalue weighted by Crippen LogP contribution is -2.50. The average Bonchev–Trinajstić information content (AvgIpc) is 2.72. The van der Waals surface area contributed by atoms with Crippen LogP contribution in [0.25, 0.3) is 22.3 Å². The molecule has 4 aromatic rings. The van der Waals surface area contributed by atoms with Gasteiger partial charge in [0, 0.05) is 43.0 Å². The van der Waals surface area contributed by atoms with E-state index in [1.807, 2.05) is 43.3 Å². The predicted octanol–water partition coefficient (Wildman–Crippen LogP) is 2.69. The molecule has 1 aliphatic heterocycles. The summed E-state index contributed by atoms with van der Waals surface area (Å²) < 4.78 is 1.57. The van der Waals surface area contributed by atoms with Crippen molar-refractivity contribution in [2.24, 2.45) is 5.92 Å². The monoisotopic (exact) mass is 384 g/mol. The van der Waals surface area contributed by atoms with Gasteiger partial charge in [0.05, 0.1) is 29.0 Å². The van der Waals surface area contributed by atoms with Crippen LogP contribution in [-0.2, 0) is 6.54 Å². The summed E-state index contributed by atoms with van der Waals surface area (Å²) in [4.78, 5) is 28.0. The number of rotatable bonds is 4. The van der Waals surface area contributed by atoms with Gasteiger partial charge in [-0.15, -0.1) is 0 Å². The molecule has 0 saturated carbocycles. The van der Waals surface area contributed by atoms with Gasteiger partial charge >= 0.3 is 0 Å². The van der Waals surface area contributed by atoms with Crippen molar-refractivity contribution in [3.63, 3.8) is 0 Å². The van der Waals surface area contributed by atoms with E-state index in [1.165, 1.54) is 0 Å². The first-order valence-electron chi connectivity index (χ1n) is 9.64. The number of pyridine rings is 1. The van der Waals surface area contributed by atoms with E-state index in [-0.39, 0.29) is 5.56 Å². The summed E-state index contributed by atoms with van der Waals surface area (Å²) in [7, 11) is 0. The first-order valence-corrected chi connectivity index (χ1v) is 9.64. The van der Waals surface area contributed by atoms with Gasteiger partial charge in [0.1, 0.15) is 0 Å². The van der Waals surface area contributed by atoms with Gasteiger partial charge in [0.25, 0.3) is 5.56 Å². The highest BCUT2D eigenvalue weighted by Crippen LogP contribution is 2.27. The quantitative estimate of drug-likeness (QED) is 0.538. The largest absolute Gasteiger partial charge is 0.354 e. The molecule has 7 nitrogen and oxygen atoms in total. The van der Waals surface area contributed by atoms with Gasteiger partial charge in [0.15, 0.2) is 5.82 Å². The van der Waals surface area contributed by atoms with Crippen molar-refractivity contribution >= 4 is 16.9 Å². The lowest BCUT2D eigenvalue weighted by atomic mass is 10.00. The molecule has 5 rings (SSSR count). The minimum absolute atomic E-state index is 0.0806. The molecule has 1 fully saturated rings. The van der Waals surface area contributed by atoms with Crippen LogP contribution in [0, 0.1) is 12.8 Å². The van der Waals surface area contributed by atoms with Crippen LogP contribution < -0.4 is 10.5 Å². The molecule has 1 aromatic carbocycles. The molecule has 0 aliphatic carbocycles. The fourth-order valence-corrected chi connectivity index (χ4v) is 3.74. The maximum atomic E-state index is 12.3. The Morgan fingerprint density at radius 2 is 1.69 bits per heavy atom. The highest BCUT2D eigenvalue weighted by atomic mass is 16.1. The molecule has 0 radical (unpaired) electrons. The Kier molecular flexibility index (Phi) is 4.27. The zero-order chi connectivity index (χ0) is 19.8. The van der Waals surface area contributed by atoms with Crippen LogP contribution >= 0.6 is 0 Å². The van der Waals surface area contributed by atoms with Crippen LogP contribution in [0.2, 0.25) is 0 Å². The minimum atomic E-state index is -0.0806. The van der Waals surface area contributed by atoms with Gasteiger partial charge in [-0.3, -0.25) is 9.78 Å². The lowest BCUT2D eigenvalue weighted by Gasteiger charge is -2.40. The summed E-state index contributed by atoms with van der Waals surface area (Å²) in [5, 5.41) is 4.55. The van der Waals surface area contributed by atoms with E-state index in [0.29, 0.717) is 12.5 Å². The Balaban J connectivity index is 1.32. The van der Waals surface area contributed by atoms with Gasteiger partial charge in [-0.25, -0.2) is 14.6 Å². The van der Waals surface area contributed by atoms with Crippen LogP contribution in [0.3, 0.4) is 0 Å². The van der Waals surface area contributed by atoms with E-state index in [1.54, 1.807) is 29.2 Å². The van der Waals surface area contributed by atoms with Gasteiger partial charge in [-0.1, -0.05) is 12.1 Å². The Morgan fingerprint density at radius 1 is 0.966 bits per heavy atom. The molecule has 7 heteroatoms. The van der Waals surface area contributed by atoms with Crippen molar-refractivity contribution in [2.45, 2.75) is 13.5 Å². The van der Waals surface area contributed by atoms with Crippen LogP contribution in [0.5, 0.6) is 0 Å². The summed E-state index contributed by atoms with van der Waals surface area (Å²) in [6.45, 7) is 4.25. The number of aromatic nitrogens is 5. The van der Waals surface area contributed by atoms with Crippen LogP contribution in [0.1, 0.15) is 5.69 Å². The van der Waals surface area contributed by atoms with E-state index in [0.717, 1.165) is 46.9 Å². The highest BCUT2D eigenvalue weighted by Gasteiger charge is 2.30. The standard InChI is InChI=1S/C22H20N6O/c1-15-22(25-20-5-3-2-4-19(20)24-15)27-12-16(13-27)14-28-21(29)7-6-18(26-28)17-8-10-23-11-9-17/h2-11,16H,12-14H2,1H3. The second kappa shape index (κ2) is 7.09. The predicted molar refractivity (Wildman–Crippen MR) is 112 cm³/mol. The van der Waals surface area contributed by atoms with Crippen molar-refractivity contribution < 1.29 is 0 Å². The third kappa shape index (κ3) is 3.35. The molecule has 0 N–H and O–H groups in total. The first-order chi connectivity index (χ1) is 14.2. The zero-order valence-electron chi connectivity index (χ0n) is 16.1. The summed E-state index contributed by atoms with van der Waals surface area (Å²) >= 11 is 0. The molecule has 0 unspecified atom stereocenters. The maximum Gasteiger partial charge on any atom is 0.266 e. The summed E-state index contributed by atoms with van der Waals surface area (Å²) in [5.74, 6) is 1.27. The van der Waals surface area contributed by atoms with Crippen molar-refractivity contribution in [1.82, 2.24) is 24.7 Å². The van der Waals surface area contributed by atoms with Gasteiger partial charge in [0.2, 0.25) is 0 Å². The fourth-order valence-electron chi connectivity index (χ4n) is 3.74. The topological polar surface area (TPSA) is 76.8 Å². The SMILES string of the molecule is Cc1nc2ccccc2nc1N1CC(Cn2nc(-c3ccncc3)ccc2=O)C1. The minimum Gasteiger partial charge on any atom is -0.354 e. The molecule has 1 aliphatic rings. The van der Waals surface area contributed by atoms with E-state index >= 15 is 0 Å². The fraction of sp³-hybridized carbons (Fsp3) is 0.227. The molecule has 3 aromatic heterocycles. The third-order valence-electron chi connectivity index (χ3n) is 5.25. The van der Waals surface area contributed by atoms with Crippen molar-refractivity contribution in [2.75, 3.05) is 18.0 Å². The van der Waals surface area contributed by atoms with Crippen LogP contribution in [-0.4, -0.2) is 37.8 Å². The van der Waals surface area contributed by atoms with Crippen molar-refractivity contribution in [3.8, 4) is 11.3 Å². The molecule has 29 heavy (non-hydrogen) atoms. The Labute approximate surface area is 167 Å². The van der Waals surface area contributed by atoms with Crippen molar-refractivity contribution in [3.05, 3.63) is 77.0 Å². The number of para-hydroxylation sites is 2. The average molecular weight is 384 g/mol. The Morgan fingerprint density at radius 3 is 2.45 bits per heavy atom. The number of anilines is 1. The number of hydrogen-bond donors (Lipinski definition) is 0. The second-order valence-corrected chi connectivity index (χ2v) is 7.37. The van der Waals surface area contributed by atoms with E-state index in [2.05, 4.69) is 20.0 Å². The number of benzene rings is 1. The number of nitrogens with zero attached hydrogens (tertiary/aromatic N) is 6. The van der Waals surface area contributed by atoms with Crippen LogP contribution in [0.4, 0.5) is 5.82 Å². The number of hydrogen-bond acceptors (Lipinski definition) is 6. The number of fused-ring (bicyclic) bond motifs is 1. The molecule has 4 heterocycles. The molecule has 0 atom stereocenters. The summed E-state index contributed by atoms with van der Waals surface area (Å²) in [6.07, 6.45) is 3.45. The van der Waals surface area contributed by atoms with Gasteiger partial charge < -0.3 is 4.90 Å². The molecule has 1 saturated heterocycles. The Hall–Kier alpha value is -3.61. The van der Waals surface area contributed by atoms with Gasteiger partial charge in [-0.2, -0.15) is 5.10 Å². The maximum absolute atomic E-state index is 12.3. The highest BCUT2D eigenvalue weighted by molar-refractivity contribution is 5.76. The van der Waals surface area contributed by atoms with Gasteiger partial charge in [-0.05, 0) is 37.3 Å². The first kappa shape index (κ1) is 17.5. The molecular weight excluding hydrogens is 364 g/mol. The van der Waals surface area contributed by atoms with E-state index in [9.17, 15) is 4.79 Å². The second-order valence-electron chi connectivity index (χ2n) is 7.37. The lowest BCUT2D eigenvalue weighted by molar-refractivity contribution is 0.333. The third-order valence-corrected chi connectivity index (χ3v) is 5.25. The molecule has 144 valence electrons. The molecular formula is C22H20N6O. The zero-order valence-corrected chi connectivity index (χ0v) is 16.1. The normalized spacial score (nSPS) is 14.2. The Bertz CT molecular complexity index is 1230. The molecule has 0 amide bonds. The molecule has 0 bridgehead atoms. The van der Waals surface area contributed by atoms with Crippen LogP contribution in [0.15, 0.2) is 65.7 Å².